The average Bonchev–Trinajstić information content (AvgIpc) is 3.33. The number of imide groups is 1. The zero-order chi connectivity index (χ0) is 18.7. The van der Waals surface area contributed by atoms with Crippen molar-refractivity contribution < 1.29 is 14.3 Å². The van der Waals surface area contributed by atoms with Gasteiger partial charge in [0.05, 0.1) is 17.5 Å². The van der Waals surface area contributed by atoms with Gasteiger partial charge in [0, 0.05) is 0 Å². The van der Waals surface area contributed by atoms with Crippen LogP contribution in [0.25, 0.3) is 0 Å². The molecule has 2 fully saturated rings. The Morgan fingerprint density at radius 2 is 1.41 bits per heavy atom. The van der Waals surface area contributed by atoms with Gasteiger partial charge in [0.25, 0.3) is 0 Å². The van der Waals surface area contributed by atoms with Crippen LogP contribution < -0.4 is 9.64 Å². The third-order valence-corrected chi connectivity index (χ3v) is 6.28. The van der Waals surface area contributed by atoms with Crippen LogP contribution in [0.5, 0.6) is 11.5 Å². The molecule has 0 N–H and O–H groups in total. The summed E-state index contributed by atoms with van der Waals surface area (Å²) in [6, 6.07) is 13.2. The number of carbonyl (C=O) groups excluding carboxylic acids is 2. The van der Waals surface area contributed by atoms with E-state index in [2.05, 4.69) is 26.0 Å². The zero-order valence-electron chi connectivity index (χ0n) is 15.4. The fourth-order valence-corrected chi connectivity index (χ4v) is 4.73. The molecule has 1 heterocycles. The maximum Gasteiger partial charge on any atom is 0.238 e. The van der Waals surface area contributed by atoms with Gasteiger partial charge in [0.1, 0.15) is 11.5 Å². The van der Waals surface area contributed by atoms with Gasteiger partial charge in [-0.3, -0.25) is 14.5 Å². The maximum absolute atomic E-state index is 12.9. The minimum absolute atomic E-state index is 0.0512. The smallest absolute Gasteiger partial charge is 0.238 e. The Morgan fingerprint density at radius 3 is 2.00 bits per heavy atom. The van der Waals surface area contributed by atoms with Gasteiger partial charge in [-0.1, -0.05) is 18.2 Å². The van der Waals surface area contributed by atoms with Crippen molar-refractivity contribution in [3.8, 4) is 11.5 Å². The van der Waals surface area contributed by atoms with Gasteiger partial charge in [-0.15, -0.1) is 0 Å². The van der Waals surface area contributed by atoms with E-state index < -0.39 is 0 Å². The van der Waals surface area contributed by atoms with Crippen molar-refractivity contribution in [3.05, 3.63) is 65.7 Å². The first-order valence-electron chi connectivity index (χ1n) is 9.44. The minimum Gasteiger partial charge on any atom is -0.457 e. The van der Waals surface area contributed by atoms with Gasteiger partial charge in [0.2, 0.25) is 11.8 Å². The second-order valence-electron chi connectivity index (χ2n) is 7.85. The monoisotopic (exact) mass is 359 g/mol. The molecular weight excluding hydrogens is 338 g/mol. The molecule has 3 aliphatic rings. The van der Waals surface area contributed by atoms with Crippen LogP contribution in [0, 0.1) is 37.5 Å². The van der Waals surface area contributed by atoms with E-state index >= 15 is 0 Å². The molecule has 0 aromatic heterocycles. The Hall–Kier alpha value is -2.88. The molecule has 2 bridgehead atoms. The Labute approximate surface area is 158 Å². The highest BCUT2D eigenvalue weighted by Gasteiger charge is 2.59. The topological polar surface area (TPSA) is 46.6 Å². The number of fused-ring (bicyclic) bond motifs is 5. The molecule has 0 radical (unpaired) electrons. The highest BCUT2D eigenvalue weighted by atomic mass is 16.5. The lowest BCUT2D eigenvalue weighted by atomic mass is 9.85. The first-order valence-corrected chi connectivity index (χ1v) is 9.44. The highest BCUT2D eigenvalue weighted by molar-refractivity contribution is 6.22. The van der Waals surface area contributed by atoms with Crippen LogP contribution in [0.1, 0.15) is 17.5 Å². The second kappa shape index (κ2) is 5.81. The molecule has 1 saturated heterocycles. The van der Waals surface area contributed by atoms with Crippen molar-refractivity contribution >= 4 is 17.5 Å². The summed E-state index contributed by atoms with van der Waals surface area (Å²) in [5.74, 6) is 1.48. The summed E-state index contributed by atoms with van der Waals surface area (Å²) in [6.45, 7) is 4.11. The Morgan fingerprint density at radius 1 is 0.815 bits per heavy atom. The van der Waals surface area contributed by atoms with E-state index in [4.69, 9.17) is 4.74 Å². The largest absolute Gasteiger partial charge is 0.457 e. The standard InChI is InChI=1S/C23H21NO3/c1-13-3-8-19(11-14(13)2)27-18-9-6-17(7-10-18)24-22(25)20-15-4-5-16(12-15)21(20)23(24)26/h3-11,15-16,20-21H,12H2,1-2H3/t15-,16+,20-,21+. The van der Waals surface area contributed by atoms with E-state index in [0.29, 0.717) is 11.4 Å². The van der Waals surface area contributed by atoms with E-state index in [1.807, 2.05) is 30.3 Å². The lowest BCUT2D eigenvalue weighted by Crippen LogP contribution is -2.32. The van der Waals surface area contributed by atoms with Crippen LogP contribution in [-0.2, 0) is 9.59 Å². The second-order valence-corrected chi connectivity index (χ2v) is 7.85. The molecule has 5 rings (SSSR count). The number of aryl methyl sites for hydroxylation is 2. The third-order valence-electron chi connectivity index (χ3n) is 6.28. The normalized spacial score (nSPS) is 28.1. The fraction of sp³-hybridized carbons (Fsp3) is 0.304. The van der Waals surface area contributed by atoms with E-state index in [0.717, 1.165) is 12.2 Å². The van der Waals surface area contributed by atoms with Crippen molar-refractivity contribution in [3.63, 3.8) is 0 Å². The Bertz CT molecular complexity index is 946. The number of ether oxygens (including phenoxy) is 1. The number of anilines is 1. The quantitative estimate of drug-likeness (QED) is 0.602. The first kappa shape index (κ1) is 16.3. The number of benzene rings is 2. The van der Waals surface area contributed by atoms with Crippen LogP contribution in [0.2, 0.25) is 0 Å². The van der Waals surface area contributed by atoms with Crippen LogP contribution in [-0.4, -0.2) is 11.8 Å². The van der Waals surface area contributed by atoms with Crippen molar-refractivity contribution in [2.45, 2.75) is 20.3 Å². The van der Waals surface area contributed by atoms with Crippen molar-refractivity contribution in [2.24, 2.45) is 23.7 Å². The van der Waals surface area contributed by atoms with E-state index in [-0.39, 0.29) is 35.5 Å². The van der Waals surface area contributed by atoms with Gasteiger partial charge in [-0.25, -0.2) is 0 Å². The molecule has 2 aromatic carbocycles. The van der Waals surface area contributed by atoms with E-state index in [1.165, 1.54) is 16.0 Å². The molecule has 1 aliphatic heterocycles. The first-order chi connectivity index (χ1) is 13.0. The lowest BCUT2D eigenvalue weighted by molar-refractivity contribution is -0.123. The average molecular weight is 359 g/mol. The summed E-state index contributed by atoms with van der Waals surface area (Å²) >= 11 is 0. The summed E-state index contributed by atoms with van der Waals surface area (Å²) in [7, 11) is 0. The number of rotatable bonds is 3. The van der Waals surface area contributed by atoms with Gasteiger partial charge >= 0.3 is 0 Å². The number of hydrogen-bond donors (Lipinski definition) is 0. The Kier molecular flexibility index (Phi) is 3.51. The predicted molar refractivity (Wildman–Crippen MR) is 103 cm³/mol. The van der Waals surface area contributed by atoms with Crippen molar-refractivity contribution in [1.29, 1.82) is 0 Å². The maximum atomic E-state index is 12.9. The fourth-order valence-electron chi connectivity index (χ4n) is 4.73. The van der Waals surface area contributed by atoms with Crippen LogP contribution in [0.4, 0.5) is 5.69 Å². The van der Waals surface area contributed by atoms with Crippen molar-refractivity contribution in [1.82, 2.24) is 0 Å². The number of nitrogens with zero attached hydrogens (tertiary/aromatic N) is 1. The van der Waals surface area contributed by atoms with Crippen molar-refractivity contribution in [2.75, 3.05) is 4.90 Å². The predicted octanol–water partition coefficient (Wildman–Crippen LogP) is 4.41. The molecule has 0 unspecified atom stereocenters. The van der Waals surface area contributed by atoms with Crippen LogP contribution >= 0.6 is 0 Å². The summed E-state index contributed by atoms with van der Waals surface area (Å²) in [4.78, 5) is 27.1. The van der Waals surface area contributed by atoms with Gasteiger partial charge in [-0.2, -0.15) is 0 Å². The molecule has 1 saturated carbocycles. The van der Waals surface area contributed by atoms with E-state index in [1.54, 1.807) is 12.1 Å². The number of hydrogen-bond acceptors (Lipinski definition) is 3. The molecule has 136 valence electrons. The van der Waals surface area contributed by atoms with Crippen LogP contribution in [0.3, 0.4) is 0 Å². The van der Waals surface area contributed by atoms with Gasteiger partial charge < -0.3 is 4.74 Å². The Balaban J connectivity index is 1.37. The van der Waals surface area contributed by atoms with Gasteiger partial charge in [-0.05, 0) is 79.6 Å². The molecule has 2 amide bonds. The molecule has 2 aliphatic carbocycles. The third kappa shape index (κ3) is 2.43. The van der Waals surface area contributed by atoms with Crippen LogP contribution in [0.15, 0.2) is 54.6 Å². The summed E-state index contributed by atoms with van der Waals surface area (Å²) in [6.07, 6.45) is 5.17. The number of amides is 2. The molecular formula is C23H21NO3. The summed E-state index contributed by atoms with van der Waals surface area (Å²) < 4.78 is 5.91. The highest BCUT2D eigenvalue weighted by Crippen LogP contribution is 2.53. The lowest BCUT2D eigenvalue weighted by Gasteiger charge is -2.17. The molecule has 4 atom stereocenters. The summed E-state index contributed by atoms with van der Waals surface area (Å²) in [5.41, 5.74) is 3.02. The number of allylic oxidation sites excluding steroid dienone is 2. The molecule has 2 aromatic rings. The zero-order valence-corrected chi connectivity index (χ0v) is 15.4. The van der Waals surface area contributed by atoms with Gasteiger partial charge in [0.15, 0.2) is 0 Å². The molecule has 0 spiro atoms. The molecule has 27 heavy (non-hydrogen) atoms. The van der Waals surface area contributed by atoms with E-state index in [9.17, 15) is 9.59 Å². The SMILES string of the molecule is Cc1ccc(Oc2ccc(N3C(=O)[C@@H]4[C@H](C3=O)[C@@H]3C=C[C@H]4C3)cc2)cc1C. The minimum atomic E-state index is -0.168. The number of carbonyl (C=O) groups is 2. The summed E-state index contributed by atoms with van der Waals surface area (Å²) in [5, 5.41) is 0. The molecule has 4 nitrogen and oxygen atoms in total. The molecule has 4 heteroatoms.